The average molecular weight is 352 g/mol. The van der Waals surface area contributed by atoms with Gasteiger partial charge in [-0.1, -0.05) is 47.5 Å². The molecule has 23 heavy (non-hydrogen) atoms. The van der Waals surface area contributed by atoms with Gasteiger partial charge in [-0.15, -0.1) is 0 Å². The minimum Gasteiger partial charge on any atom is -0.380 e. The average Bonchev–Trinajstić information content (AvgIpc) is 2.53. The van der Waals surface area contributed by atoms with Crippen LogP contribution in [0.4, 0.5) is 0 Å². The van der Waals surface area contributed by atoms with Crippen LogP contribution in [0.5, 0.6) is 0 Å². The quantitative estimate of drug-likeness (QED) is 0.585. The fourth-order valence-corrected chi connectivity index (χ4v) is 2.08. The van der Waals surface area contributed by atoms with Crippen molar-refractivity contribution in [2.24, 2.45) is 0 Å². The van der Waals surface area contributed by atoms with E-state index in [0.717, 1.165) is 11.1 Å². The van der Waals surface area contributed by atoms with Crippen LogP contribution < -0.4 is 10.6 Å². The summed E-state index contributed by atoms with van der Waals surface area (Å²) in [7, 11) is 0. The van der Waals surface area contributed by atoms with Crippen molar-refractivity contribution in [3.05, 3.63) is 91.8 Å². The van der Waals surface area contributed by atoms with Gasteiger partial charge in [0.2, 0.25) is 0 Å². The molecule has 0 aliphatic heterocycles. The van der Waals surface area contributed by atoms with Crippen LogP contribution in [0, 0.1) is 10.1 Å². The van der Waals surface area contributed by atoms with Crippen LogP contribution in [-0.4, -0.2) is 4.92 Å². The van der Waals surface area contributed by atoms with Gasteiger partial charge >= 0.3 is 5.82 Å². The minimum atomic E-state index is -0.467. The SMILES string of the molecule is O=[N+]([O-])C(=CNCc1ccc(Cl)cc1)NCc1ccc(Cl)cc1. The smallest absolute Gasteiger partial charge is 0.332 e. The molecule has 2 N–H and O–H groups in total. The molecule has 0 spiro atoms. The molecule has 120 valence electrons. The molecule has 0 aliphatic carbocycles. The molecular formula is C16H15Cl2N3O2. The number of nitro groups is 1. The van der Waals surface area contributed by atoms with Crippen molar-refractivity contribution >= 4 is 23.2 Å². The fraction of sp³-hybridized carbons (Fsp3) is 0.125. The Balaban J connectivity index is 1.90. The molecule has 0 radical (unpaired) electrons. The summed E-state index contributed by atoms with van der Waals surface area (Å²) >= 11 is 11.6. The second-order valence-corrected chi connectivity index (χ2v) is 5.65. The summed E-state index contributed by atoms with van der Waals surface area (Å²) in [5.41, 5.74) is 1.88. The standard InChI is InChI=1S/C16H15Cl2N3O2/c17-14-5-1-12(2-6-14)9-19-11-16(21(22)23)20-10-13-3-7-15(18)8-4-13/h1-8,11,19-20H,9-10H2. The summed E-state index contributed by atoms with van der Waals surface area (Å²) < 4.78 is 0. The number of nitrogens with zero attached hydrogens (tertiary/aromatic N) is 1. The van der Waals surface area contributed by atoms with Gasteiger partial charge in [0.15, 0.2) is 0 Å². The third-order valence-electron chi connectivity index (χ3n) is 3.04. The molecule has 0 fully saturated rings. The van der Waals surface area contributed by atoms with E-state index in [1.807, 2.05) is 24.3 Å². The molecule has 0 unspecified atom stereocenters. The Hall–Kier alpha value is -2.24. The van der Waals surface area contributed by atoms with Crippen LogP contribution >= 0.6 is 23.2 Å². The zero-order valence-electron chi connectivity index (χ0n) is 12.1. The summed E-state index contributed by atoms with van der Waals surface area (Å²) in [6.45, 7) is 0.809. The van der Waals surface area contributed by atoms with Gasteiger partial charge in [-0.25, -0.2) is 0 Å². The van der Waals surface area contributed by atoms with Crippen molar-refractivity contribution < 1.29 is 4.92 Å². The highest BCUT2D eigenvalue weighted by Gasteiger charge is 2.08. The van der Waals surface area contributed by atoms with Gasteiger partial charge in [0.05, 0.1) is 6.20 Å². The zero-order valence-corrected chi connectivity index (χ0v) is 13.6. The number of hydrogen-bond donors (Lipinski definition) is 2. The molecule has 0 aromatic heterocycles. The van der Waals surface area contributed by atoms with Crippen molar-refractivity contribution in [2.75, 3.05) is 0 Å². The van der Waals surface area contributed by atoms with Crippen molar-refractivity contribution in [1.29, 1.82) is 0 Å². The highest BCUT2D eigenvalue weighted by atomic mass is 35.5. The zero-order chi connectivity index (χ0) is 16.7. The van der Waals surface area contributed by atoms with Crippen LogP contribution in [-0.2, 0) is 13.1 Å². The molecule has 0 aliphatic rings. The van der Waals surface area contributed by atoms with Crippen LogP contribution in [0.1, 0.15) is 11.1 Å². The molecule has 0 bridgehead atoms. The van der Waals surface area contributed by atoms with Crippen LogP contribution in [0.3, 0.4) is 0 Å². The number of halogens is 2. The van der Waals surface area contributed by atoms with E-state index in [0.29, 0.717) is 23.1 Å². The third-order valence-corrected chi connectivity index (χ3v) is 3.55. The van der Waals surface area contributed by atoms with Gasteiger partial charge in [0.25, 0.3) is 0 Å². The molecule has 5 nitrogen and oxygen atoms in total. The Kier molecular flexibility index (Phi) is 6.26. The minimum absolute atomic E-state index is 0.103. The molecule has 2 aromatic carbocycles. The van der Waals surface area contributed by atoms with E-state index < -0.39 is 4.92 Å². The van der Waals surface area contributed by atoms with E-state index in [-0.39, 0.29) is 5.82 Å². The second-order valence-electron chi connectivity index (χ2n) is 4.77. The highest BCUT2D eigenvalue weighted by molar-refractivity contribution is 6.30. The largest absolute Gasteiger partial charge is 0.380 e. The highest BCUT2D eigenvalue weighted by Crippen LogP contribution is 2.10. The predicted octanol–water partition coefficient (Wildman–Crippen LogP) is 3.95. The van der Waals surface area contributed by atoms with Crippen molar-refractivity contribution in [3.63, 3.8) is 0 Å². The van der Waals surface area contributed by atoms with E-state index in [4.69, 9.17) is 23.2 Å². The number of nitrogens with one attached hydrogen (secondary N) is 2. The molecule has 0 saturated carbocycles. The Morgan fingerprint density at radius 2 is 1.43 bits per heavy atom. The monoisotopic (exact) mass is 351 g/mol. The van der Waals surface area contributed by atoms with Gasteiger partial charge in [0, 0.05) is 16.6 Å². The van der Waals surface area contributed by atoms with E-state index >= 15 is 0 Å². The molecule has 0 amide bonds. The summed E-state index contributed by atoms with van der Waals surface area (Å²) in [5.74, 6) is -0.103. The molecular weight excluding hydrogens is 337 g/mol. The molecule has 2 aromatic rings. The first kappa shape index (κ1) is 17.1. The number of benzene rings is 2. The van der Waals surface area contributed by atoms with Gasteiger partial charge in [-0.05, 0) is 40.3 Å². The lowest BCUT2D eigenvalue weighted by atomic mass is 10.2. The maximum atomic E-state index is 11.1. The lowest BCUT2D eigenvalue weighted by Gasteiger charge is -2.06. The predicted molar refractivity (Wildman–Crippen MR) is 91.7 cm³/mol. The first-order chi connectivity index (χ1) is 11.0. The summed E-state index contributed by atoms with van der Waals surface area (Å²) in [6, 6.07) is 14.4. The Morgan fingerprint density at radius 1 is 0.957 bits per heavy atom. The Labute approximate surface area is 144 Å². The maximum Gasteiger partial charge on any atom is 0.332 e. The van der Waals surface area contributed by atoms with Crippen LogP contribution in [0.2, 0.25) is 10.0 Å². The van der Waals surface area contributed by atoms with Gasteiger partial charge in [0.1, 0.15) is 6.54 Å². The number of hydrogen-bond acceptors (Lipinski definition) is 4. The van der Waals surface area contributed by atoms with E-state index in [9.17, 15) is 10.1 Å². The van der Waals surface area contributed by atoms with E-state index in [1.54, 1.807) is 24.3 Å². The molecule has 0 atom stereocenters. The normalized spacial score (nSPS) is 11.1. The van der Waals surface area contributed by atoms with Crippen molar-refractivity contribution in [3.8, 4) is 0 Å². The second kappa shape index (κ2) is 8.41. The fourth-order valence-electron chi connectivity index (χ4n) is 1.83. The third kappa shape index (κ3) is 5.81. The molecule has 7 heteroatoms. The molecule has 0 saturated heterocycles. The Bertz CT molecular complexity index is 685. The first-order valence-electron chi connectivity index (χ1n) is 6.85. The lowest BCUT2D eigenvalue weighted by Crippen LogP contribution is -2.22. The summed E-state index contributed by atoms with van der Waals surface area (Å²) in [4.78, 5) is 10.6. The van der Waals surface area contributed by atoms with Gasteiger partial charge in [-0.3, -0.25) is 5.32 Å². The van der Waals surface area contributed by atoms with Crippen molar-refractivity contribution in [1.82, 2.24) is 10.6 Å². The Morgan fingerprint density at radius 3 is 1.91 bits per heavy atom. The number of rotatable bonds is 7. The van der Waals surface area contributed by atoms with E-state index in [1.165, 1.54) is 6.20 Å². The topological polar surface area (TPSA) is 67.2 Å². The first-order valence-corrected chi connectivity index (χ1v) is 7.61. The lowest BCUT2D eigenvalue weighted by molar-refractivity contribution is -0.432. The van der Waals surface area contributed by atoms with Gasteiger partial charge in [-0.2, -0.15) is 0 Å². The molecule has 2 rings (SSSR count). The van der Waals surface area contributed by atoms with Crippen LogP contribution in [0.15, 0.2) is 60.6 Å². The van der Waals surface area contributed by atoms with Gasteiger partial charge < -0.3 is 15.4 Å². The maximum absolute atomic E-state index is 11.1. The summed E-state index contributed by atoms with van der Waals surface area (Å²) in [6.07, 6.45) is 1.35. The molecule has 0 heterocycles. The van der Waals surface area contributed by atoms with Crippen LogP contribution in [0.25, 0.3) is 0 Å². The van der Waals surface area contributed by atoms with Crippen molar-refractivity contribution in [2.45, 2.75) is 13.1 Å². The summed E-state index contributed by atoms with van der Waals surface area (Å²) in [5, 5.41) is 18.0. The van der Waals surface area contributed by atoms with E-state index in [2.05, 4.69) is 10.6 Å².